The monoisotopic (exact) mass is 169 g/mol. The Balaban J connectivity index is 2.57. The van der Waals surface area contributed by atoms with E-state index in [4.69, 9.17) is 11.6 Å². The number of carbonyl (C=O) groups excluding carboxylic acids is 1. The summed E-state index contributed by atoms with van der Waals surface area (Å²) in [5.41, 5.74) is 0.206. The molecule has 0 aromatic heterocycles. The molecule has 0 spiro atoms. The molecule has 0 aliphatic rings. The molecule has 1 atom stereocenters. The number of halogens is 1. The van der Waals surface area contributed by atoms with Crippen LogP contribution in [0.3, 0.4) is 0 Å². The average molecular weight is 170 g/mol. The van der Waals surface area contributed by atoms with Crippen LogP contribution >= 0.6 is 11.6 Å². The van der Waals surface area contributed by atoms with Crippen molar-refractivity contribution in [3.8, 4) is 0 Å². The Morgan fingerprint density at radius 1 is 1.36 bits per heavy atom. The highest BCUT2D eigenvalue weighted by Crippen LogP contribution is 2.07. The smallest absolute Gasteiger partial charge is 0.157 e. The highest BCUT2D eigenvalue weighted by atomic mass is 35.5. The molecule has 0 aliphatic carbocycles. The summed E-state index contributed by atoms with van der Waals surface area (Å²) >= 11 is 5.52. The molecule has 2 nitrogen and oxygen atoms in total. The topological polar surface area (TPSA) is 29.1 Å². The Bertz CT molecular complexity index is 225. The van der Waals surface area contributed by atoms with E-state index < -0.39 is 5.50 Å². The van der Waals surface area contributed by atoms with E-state index in [1.165, 1.54) is 0 Å². The molecule has 58 valence electrons. The molecule has 1 N–H and O–H groups in total. The van der Waals surface area contributed by atoms with Gasteiger partial charge in [0.05, 0.1) is 0 Å². The Morgan fingerprint density at radius 2 is 2.00 bits per heavy atom. The fraction of sp³-hybridized carbons (Fsp3) is 0.125. The lowest BCUT2D eigenvalue weighted by Gasteiger charge is -2.05. The average Bonchev–Trinajstić information content (AvgIpc) is 2.06. The van der Waals surface area contributed by atoms with Crippen molar-refractivity contribution in [3.63, 3.8) is 0 Å². The van der Waals surface area contributed by atoms with Gasteiger partial charge in [-0.25, -0.2) is 0 Å². The van der Waals surface area contributed by atoms with Gasteiger partial charge in [0, 0.05) is 5.69 Å². The highest BCUT2D eigenvalue weighted by Gasteiger charge is 1.98. The van der Waals surface area contributed by atoms with E-state index in [2.05, 4.69) is 5.32 Å². The summed E-state index contributed by atoms with van der Waals surface area (Å²) in [4.78, 5) is 10.1. The first kappa shape index (κ1) is 8.08. The molecule has 0 aliphatic heterocycles. The zero-order valence-corrected chi connectivity index (χ0v) is 6.58. The SMILES string of the molecule is O=C[C@H](Cl)Nc1ccccc1. The number of rotatable bonds is 3. The summed E-state index contributed by atoms with van der Waals surface area (Å²) in [6.07, 6.45) is 0.647. The van der Waals surface area contributed by atoms with Gasteiger partial charge in [-0.3, -0.25) is 4.79 Å². The Morgan fingerprint density at radius 3 is 2.55 bits per heavy atom. The van der Waals surface area contributed by atoms with Crippen molar-refractivity contribution in [2.45, 2.75) is 5.50 Å². The lowest BCUT2D eigenvalue weighted by Crippen LogP contribution is -2.12. The van der Waals surface area contributed by atoms with Crippen molar-refractivity contribution < 1.29 is 4.79 Å². The van der Waals surface area contributed by atoms with Gasteiger partial charge in [-0.1, -0.05) is 29.8 Å². The molecule has 0 radical (unpaired) electrons. The van der Waals surface area contributed by atoms with Crippen LogP contribution < -0.4 is 5.32 Å². The maximum Gasteiger partial charge on any atom is 0.157 e. The second kappa shape index (κ2) is 3.98. The molecular formula is C8H8ClNO. The Hall–Kier alpha value is -1.02. The fourth-order valence-electron chi connectivity index (χ4n) is 0.728. The molecule has 3 heteroatoms. The lowest BCUT2D eigenvalue weighted by atomic mass is 10.3. The van der Waals surface area contributed by atoms with E-state index in [9.17, 15) is 4.79 Å². The number of benzene rings is 1. The number of alkyl halides is 1. The first-order chi connectivity index (χ1) is 5.33. The number of hydrogen-bond acceptors (Lipinski definition) is 2. The van der Waals surface area contributed by atoms with Gasteiger partial charge in [-0.15, -0.1) is 0 Å². The first-order valence-electron chi connectivity index (χ1n) is 3.24. The van der Waals surface area contributed by atoms with E-state index in [0.29, 0.717) is 6.29 Å². The molecule has 0 fully saturated rings. The van der Waals surface area contributed by atoms with Crippen LogP contribution in [0, 0.1) is 0 Å². The van der Waals surface area contributed by atoms with Crippen LogP contribution in [0.25, 0.3) is 0 Å². The minimum absolute atomic E-state index is 0.641. The molecule has 0 saturated heterocycles. The summed E-state index contributed by atoms with van der Waals surface area (Å²) in [6.45, 7) is 0. The number of hydrogen-bond donors (Lipinski definition) is 1. The van der Waals surface area contributed by atoms with Crippen molar-refractivity contribution in [3.05, 3.63) is 30.3 Å². The Kier molecular flexibility index (Phi) is 2.93. The number of carbonyl (C=O) groups is 1. The summed E-state index contributed by atoms with van der Waals surface area (Å²) in [7, 11) is 0. The predicted molar refractivity (Wildman–Crippen MR) is 45.8 cm³/mol. The highest BCUT2D eigenvalue weighted by molar-refractivity contribution is 6.28. The van der Waals surface area contributed by atoms with Crippen molar-refractivity contribution in [1.29, 1.82) is 0 Å². The lowest BCUT2D eigenvalue weighted by molar-refractivity contribution is -0.107. The van der Waals surface area contributed by atoms with Crippen LogP contribution in [-0.4, -0.2) is 11.8 Å². The van der Waals surface area contributed by atoms with Gasteiger partial charge in [-0.2, -0.15) is 0 Å². The minimum Gasteiger partial charge on any atom is -0.363 e. The maximum absolute atomic E-state index is 10.1. The molecule has 0 heterocycles. The van der Waals surface area contributed by atoms with Crippen molar-refractivity contribution >= 4 is 23.6 Å². The summed E-state index contributed by atoms with van der Waals surface area (Å²) < 4.78 is 0. The second-order valence-corrected chi connectivity index (χ2v) is 2.52. The van der Waals surface area contributed by atoms with Gasteiger partial charge in [0.2, 0.25) is 0 Å². The summed E-state index contributed by atoms with van der Waals surface area (Å²) in [6, 6.07) is 9.33. The van der Waals surface area contributed by atoms with Crippen LogP contribution in [0.15, 0.2) is 30.3 Å². The summed E-state index contributed by atoms with van der Waals surface area (Å²) in [5.74, 6) is 0. The van der Waals surface area contributed by atoms with Crippen molar-refractivity contribution in [1.82, 2.24) is 0 Å². The number of aldehydes is 1. The third-order valence-electron chi connectivity index (χ3n) is 1.20. The van der Waals surface area contributed by atoms with Gasteiger partial charge in [0.1, 0.15) is 0 Å². The van der Waals surface area contributed by atoms with Crippen LogP contribution in [0.2, 0.25) is 0 Å². The molecule has 0 amide bonds. The van der Waals surface area contributed by atoms with Crippen LogP contribution in [0.1, 0.15) is 0 Å². The standard InChI is InChI=1S/C8H8ClNO/c9-8(6-11)10-7-4-2-1-3-5-7/h1-6,8,10H/t8-/m1/s1. The fourth-order valence-corrected chi connectivity index (χ4v) is 0.854. The molecule has 0 bridgehead atoms. The van der Waals surface area contributed by atoms with E-state index in [-0.39, 0.29) is 0 Å². The number of anilines is 1. The van der Waals surface area contributed by atoms with Gasteiger partial charge in [0.25, 0.3) is 0 Å². The zero-order valence-electron chi connectivity index (χ0n) is 5.83. The molecule has 1 aromatic rings. The number of para-hydroxylation sites is 1. The number of nitrogens with one attached hydrogen (secondary N) is 1. The Labute approximate surface area is 70.2 Å². The molecule has 1 rings (SSSR count). The van der Waals surface area contributed by atoms with Gasteiger partial charge >= 0.3 is 0 Å². The third-order valence-corrected chi connectivity index (χ3v) is 1.41. The normalized spacial score (nSPS) is 12.1. The maximum atomic E-state index is 10.1. The van der Waals surface area contributed by atoms with Gasteiger partial charge in [0.15, 0.2) is 11.8 Å². The minimum atomic E-state index is -0.641. The molecule has 11 heavy (non-hydrogen) atoms. The van der Waals surface area contributed by atoms with E-state index in [1.54, 1.807) is 0 Å². The van der Waals surface area contributed by atoms with E-state index in [0.717, 1.165) is 5.69 Å². The van der Waals surface area contributed by atoms with E-state index in [1.807, 2.05) is 30.3 Å². The largest absolute Gasteiger partial charge is 0.363 e. The molecule has 1 aromatic carbocycles. The van der Waals surface area contributed by atoms with Crippen LogP contribution in [0.4, 0.5) is 5.69 Å². The van der Waals surface area contributed by atoms with E-state index >= 15 is 0 Å². The van der Waals surface area contributed by atoms with Gasteiger partial charge in [-0.05, 0) is 12.1 Å². The van der Waals surface area contributed by atoms with Crippen molar-refractivity contribution in [2.75, 3.05) is 5.32 Å². The van der Waals surface area contributed by atoms with Crippen molar-refractivity contribution in [2.24, 2.45) is 0 Å². The zero-order chi connectivity index (χ0) is 8.10. The summed E-state index contributed by atoms with van der Waals surface area (Å²) in [5, 5.41) is 2.79. The molecular weight excluding hydrogens is 162 g/mol. The third kappa shape index (κ3) is 2.60. The van der Waals surface area contributed by atoms with Gasteiger partial charge < -0.3 is 5.32 Å². The second-order valence-electron chi connectivity index (χ2n) is 2.05. The predicted octanol–water partition coefficient (Wildman–Crippen LogP) is 1.86. The van der Waals surface area contributed by atoms with Crippen LogP contribution in [0.5, 0.6) is 0 Å². The van der Waals surface area contributed by atoms with Crippen LogP contribution in [-0.2, 0) is 4.79 Å². The quantitative estimate of drug-likeness (QED) is 0.425. The first-order valence-corrected chi connectivity index (χ1v) is 3.67. The molecule has 0 unspecified atom stereocenters. The molecule has 0 saturated carbocycles.